The van der Waals surface area contributed by atoms with Gasteiger partial charge in [0.1, 0.15) is 5.82 Å². The minimum Gasteiger partial charge on any atom is -0.253 e. The highest BCUT2D eigenvalue weighted by molar-refractivity contribution is 7.99. The van der Waals surface area contributed by atoms with Crippen molar-refractivity contribution in [2.45, 2.75) is 16.7 Å². The number of para-hydroxylation sites is 1. The van der Waals surface area contributed by atoms with Gasteiger partial charge in [-0.3, -0.25) is 4.99 Å². The normalized spacial score (nSPS) is 11.0. The summed E-state index contributed by atoms with van der Waals surface area (Å²) in [6.45, 7) is 2.08. The van der Waals surface area contributed by atoms with E-state index in [2.05, 4.69) is 36.2 Å². The van der Waals surface area contributed by atoms with E-state index in [1.165, 1.54) is 16.5 Å². The van der Waals surface area contributed by atoms with E-state index in [-0.39, 0.29) is 5.82 Å². The Kier molecular flexibility index (Phi) is 4.89. The molecular formula is C20H16FNS. The zero-order valence-corrected chi connectivity index (χ0v) is 13.6. The third-order valence-electron chi connectivity index (χ3n) is 3.34. The lowest BCUT2D eigenvalue weighted by Gasteiger charge is -2.03. The molecule has 23 heavy (non-hydrogen) atoms. The number of halogens is 1. The molecule has 0 aromatic heterocycles. The fraction of sp³-hybridized carbons (Fsp3) is 0.0500. The predicted molar refractivity (Wildman–Crippen MR) is 95.4 cm³/mol. The first kappa shape index (κ1) is 15.5. The zero-order valence-electron chi connectivity index (χ0n) is 12.7. The van der Waals surface area contributed by atoms with Crippen LogP contribution >= 0.6 is 11.8 Å². The molecule has 0 saturated heterocycles. The SMILES string of the molecule is Cc1ccc(Sc2ccc(C=Nc3ccccc3F)cc2)cc1. The molecule has 1 nitrogen and oxygen atoms in total. The Labute approximate surface area is 139 Å². The Hall–Kier alpha value is -2.39. The Morgan fingerprint density at radius 1 is 0.826 bits per heavy atom. The summed E-state index contributed by atoms with van der Waals surface area (Å²) in [5.74, 6) is -0.310. The van der Waals surface area contributed by atoms with E-state index in [4.69, 9.17) is 0 Å². The predicted octanol–water partition coefficient (Wildman–Crippen LogP) is 6.04. The largest absolute Gasteiger partial charge is 0.253 e. The first-order valence-corrected chi connectivity index (χ1v) is 8.15. The molecule has 0 spiro atoms. The van der Waals surface area contributed by atoms with Crippen LogP contribution in [0.5, 0.6) is 0 Å². The molecule has 3 aromatic rings. The van der Waals surface area contributed by atoms with E-state index in [0.717, 1.165) is 10.5 Å². The van der Waals surface area contributed by atoms with Crippen molar-refractivity contribution in [2.75, 3.05) is 0 Å². The van der Waals surface area contributed by atoms with E-state index >= 15 is 0 Å². The number of hydrogen-bond donors (Lipinski definition) is 0. The Bertz CT molecular complexity index is 808. The minimum absolute atomic E-state index is 0.310. The second kappa shape index (κ2) is 7.25. The third-order valence-corrected chi connectivity index (χ3v) is 4.36. The summed E-state index contributed by atoms with van der Waals surface area (Å²) >= 11 is 1.72. The monoisotopic (exact) mass is 321 g/mol. The molecule has 0 amide bonds. The van der Waals surface area contributed by atoms with Gasteiger partial charge in [0.15, 0.2) is 0 Å². The van der Waals surface area contributed by atoms with E-state index in [1.807, 2.05) is 24.3 Å². The molecule has 3 aromatic carbocycles. The van der Waals surface area contributed by atoms with Gasteiger partial charge in [-0.1, -0.05) is 53.7 Å². The van der Waals surface area contributed by atoms with Crippen molar-refractivity contribution in [2.24, 2.45) is 4.99 Å². The van der Waals surface area contributed by atoms with Crippen molar-refractivity contribution in [3.05, 3.63) is 89.7 Å². The number of nitrogens with zero attached hydrogens (tertiary/aromatic N) is 1. The molecule has 0 aliphatic rings. The Morgan fingerprint density at radius 3 is 2.09 bits per heavy atom. The summed E-state index contributed by atoms with van der Waals surface area (Å²) in [4.78, 5) is 6.57. The van der Waals surface area contributed by atoms with Crippen LogP contribution in [0.1, 0.15) is 11.1 Å². The lowest BCUT2D eigenvalue weighted by molar-refractivity contribution is 0.630. The molecule has 3 rings (SSSR count). The summed E-state index contributed by atoms with van der Waals surface area (Å²) < 4.78 is 13.5. The molecule has 0 aliphatic carbocycles. The van der Waals surface area contributed by atoms with Crippen LogP contribution in [0.2, 0.25) is 0 Å². The summed E-state index contributed by atoms with van der Waals surface area (Å²) in [5.41, 5.74) is 2.56. The highest BCUT2D eigenvalue weighted by atomic mass is 32.2. The van der Waals surface area contributed by atoms with E-state index in [9.17, 15) is 4.39 Å². The maximum atomic E-state index is 13.5. The first-order chi connectivity index (χ1) is 11.2. The minimum atomic E-state index is -0.310. The van der Waals surface area contributed by atoms with Crippen molar-refractivity contribution in [3.8, 4) is 0 Å². The van der Waals surface area contributed by atoms with E-state index in [0.29, 0.717) is 5.69 Å². The van der Waals surface area contributed by atoms with Gasteiger partial charge >= 0.3 is 0 Å². The average molecular weight is 321 g/mol. The van der Waals surface area contributed by atoms with E-state index < -0.39 is 0 Å². The summed E-state index contributed by atoms with van der Waals surface area (Å²) in [6, 6.07) is 23.0. The second-order valence-electron chi connectivity index (χ2n) is 5.19. The van der Waals surface area contributed by atoms with Crippen LogP contribution in [-0.2, 0) is 0 Å². The molecule has 0 radical (unpaired) electrons. The van der Waals surface area contributed by atoms with Gasteiger partial charge in [0, 0.05) is 16.0 Å². The molecule has 3 heteroatoms. The standard InChI is InChI=1S/C20H16FNS/c1-15-6-10-17(11-7-15)23-18-12-8-16(9-13-18)14-22-20-5-3-2-4-19(20)21/h2-14H,1H3. The molecule has 0 heterocycles. The van der Waals surface area contributed by atoms with Gasteiger partial charge in [-0.15, -0.1) is 0 Å². The molecule has 114 valence electrons. The fourth-order valence-electron chi connectivity index (χ4n) is 2.06. The number of aryl methyl sites for hydroxylation is 1. The van der Waals surface area contributed by atoms with Crippen molar-refractivity contribution < 1.29 is 4.39 Å². The summed E-state index contributed by atoms with van der Waals surface area (Å²) in [5, 5.41) is 0. The Balaban J connectivity index is 1.69. The Morgan fingerprint density at radius 2 is 1.43 bits per heavy atom. The highest BCUT2D eigenvalue weighted by Gasteiger charge is 1.99. The molecular weight excluding hydrogens is 305 g/mol. The highest BCUT2D eigenvalue weighted by Crippen LogP contribution is 2.27. The molecule has 0 saturated carbocycles. The lowest BCUT2D eigenvalue weighted by atomic mass is 10.2. The third kappa shape index (κ3) is 4.30. The number of rotatable bonds is 4. The van der Waals surface area contributed by atoms with Gasteiger partial charge in [-0.05, 0) is 48.9 Å². The summed E-state index contributed by atoms with van der Waals surface area (Å²) in [7, 11) is 0. The van der Waals surface area contributed by atoms with Crippen molar-refractivity contribution in [3.63, 3.8) is 0 Å². The first-order valence-electron chi connectivity index (χ1n) is 7.34. The lowest BCUT2D eigenvalue weighted by Crippen LogP contribution is -1.82. The van der Waals surface area contributed by atoms with Gasteiger partial charge < -0.3 is 0 Å². The van der Waals surface area contributed by atoms with E-state index in [1.54, 1.807) is 36.2 Å². The van der Waals surface area contributed by atoms with Crippen molar-refractivity contribution in [1.29, 1.82) is 0 Å². The van der Waals surface area contributed by atoms with Crippen LogP contribution in [0.4, 0.5) is 10.1 Å². The van der Waals surface area contributed by atoms with Crippen LogP contribution in [0.3, 0.4) is 0 Å². The van der Waals surface area contributed by atoms with Gasteiger partial charge in [-0.25, -0.2) is 4.39 Å². The number of benzene rings is 3. The maximum absolute atomic E-state index is 13.5. The topological polar surface area (TPSA) is 12.4 Å². The number of hydrogen-bond acceptors (Lipinski definition) is 2. The fourth-order valence-corrected chi connectivity index (χ4v) is 2.88. The second-order valence-corrected chi connectivity index (χ2v) is 6.34. The van der Waals surface area contributed by atoms with Crippen molar-refractivity contribution >= 4 is 23.7 Å². The van der Waals surface area contributed by atoms with Crippen LogP contribution in [-0.4, -0.2) is 6.21 Å². The molecule has 0 atom stereocenters. The van der Waals surface area contributed by atoms with Crippen LogP contribution < -0.4 is 0 Å². The van der Waals surface area contributed by atoms with Crippen LogP contribution in [0, 0.1) is 12.7 Å². The van der Waals surface area contributed by atoms with Crippen LogP contribution in [0.25, 0.3) is 0 Å². The summed E-state index contributed by atoms with van der Waals surface area (Å²) in [6.07, 6.45) is 1.68. The van der Waals surface area contributed by atoms with Gasteiger partial charge in [-0.2, -0.15) is 0 Å². The molecule has 0 N–H and O–H groups in total. The quantitative estimate of drug-likeness (QED) is 0.534. The molecule has 0 bridgehead atoms. The zero-order chi connectivity index (χ0) is 16.1. The van der Waals surface area contributed by atoms with Crippen molar-refractivity contribution in [1.82, 2.24) is 0 Å². The molecule has 0 fully saturated rings. The smallest absolute Gasteiger partial charge is 0.148 e. The molecule has 0 unspecified atom stereocenters. The number of aliphatic imine (C=N–C) groups is 1. The average Bonchev–Trinajstić information content (AvgIpc) is 2.58. The van der Waals surface area contributed by atoms with Gasteiger partial charge in [0.05, 0.1) is 5.69 Å². The maximum Gasteiger partial charge on any atom is 0.148 e. The molecule has 0 aliphatic heterocycles. The van der Waals surface area contributed by atoms with Gasteiger partial charge in [0.25, 0.3) is 0 Å². The van der Waals surface area contributed by atoms with Gasteiger partial charge in [0.2, 0.25) is 0 Å². The van der Waals surface area contributed by atoms with Crippen LogP contribution in [0.15, 0.2) is 87.6 Å².